The molecule has 0 saturated heterocycles. The summed E-state index contributed by atoms with van der Waals surface area (Å²) < 4.78 is 7.47. The molecular formula is C14H14N2O. The van der Waals surface area contributed by atoms with Crippen LogP contribution in [0.15, 0.2) is 36.9 Å². The van der Waals surface area contributed by atoms with E-state index in [2.05, 4.69) is 21.7 Å². The fraction of sp³-hybridized carbons (Fsp3) is 0.214. The zero-order valence-corrected chi connectivity index (χ0v) is 9.76. The second kappa shape index (κ2) is 4.09. The average molecular weight is 226 g/mol. The van der Waals surface area contributed by atoms with Gasteiger partial charge < -0.3 is 9.30 Å². The van der Waals surface area contributed by atoms with Gasteiger partial charge in [0.15, 0.2) is 0 Å². The fourth-order valence-electron chi connectivity index (χ4n) is 2.28. The Hall–Kier alpha value is -2.03. The summed E-state index contributed by atoms with van der Waals surface area (Å²) in [6, 6.07) is 6.22. The van der Waals surface area contributed by atoms with Crippen molar-refractivity contribution in [3.8, 4) is 5.75 Å². The number of nitrogens with zero attached hydrogens (tertiary/aromatic N) is 2. The molecule has 0 N–H and O–H groups in total. The Morgan fingerprint density at radius 1 is 1.29 bits per heavy atom. The van der Waals surface area contributed by atoms with E-state index in [9.17, 15) is 0 Å². The highest BCUT2D eigenvalue weighted by atomic mass is 16.5. The Morgan fingerprint density at radius 2 is 2.24 bits per heavy atom. The van der Waals surface area contributed by atoms with Crippen LogP contribution in [0.3, 0.4) is 0 Å². The molecular weight excluding hydrogens is 212 g/mol. The minimum Gasteiger partial charge on any atom is -0.496 e. The van der Waals surface area contributed by atoms with E-state index in [1.165, 1.54) is 16.8 Å². The lowest BCUT2D eigenvalue weighted by atomic mass is 9.94. The Kier molecular flexibility index (Phi) is 2.44. The Bertz CT molecular complexity index is 556. The molecule has 0 radical (unpaired) electrons. The van der Waals surface area contributed by atoms with E-state index in [-0.39, 0.29) is 0 Å². The molecule has 86 valence electrons. The van der Waals surface area contributed by atoms with Gasteiger partial charge in [-0.25, -0.2) is 4.98 Å². The van der Waals surface area contributed by atoms with Crippen molar-refractivity contribution in [1.82, 2.24) is 9.55 Å². The van der Waals surface area contributed by atoms with E-state index >= 15 is 0 Å². The Balaban J connectivity index is 2.09. The number of aromatic nitrogens is 2. The van der Waals surface area contributed by atoms with Gasteiger partial charge in [0.1, 0.15) is 5.75 Å². The van der Waals surface area contributed by atoms with E-state index in [1.54, 1.807) is 13.3 Å². The van der Waals surface area contributed by atoms with Crippen LogP contribution in [-0.4, -0.2) is 16.7 Å². The summed E-state index contributed by atoms with van der Waals surface area (Å²) >= 11 is 0. The summed E-state index contributed by atoms with van der Waals surface area (Å²) in [6.07, 6.45) is 9.91. The number of fused-ring (bicyclic) bond motifs is 1. The van der Waals surface area contributed by atoms with E-state index in [1.807, 2.05) is 24.7 Å². The van der Waals surface area contributed by atoms with Crippen molar-refractivity contribution in [2.45, 2.75) is 12.8 Å². The summed E-state index contributed by atoms with van der Waals surface area (Å²) in [5, 5.41) is 0. The van der Waals surface area contributed by atoms with Crippen molar-refractivity contribution < 1.29 is 4.74 Å². The van der Waals surface area contributed by atoms with E-state index < -0.39 is 0 Å². The number of aryl methyl sites for hydroxylation is 1. The molecule has 0 fully saturated rings. The van der Waals surface area contributed by atoms with Gasteiger partial charge in [-0.2, -0.15) is 0 Å². The maximum atomic E-state index is 5.41. The molecule has 0 unspecified atom stereocenters. The van der Waals surface area contributed by atoms with Crippen molar-refractivity contribution in [3.05, 3.63) is 48.0 Å². The van der Waals surface area contributed by atoms with Gasteiger partial charge in [0.25, 0.3) is 0 Å². The van der Waals surface area contributed by atoms with Crippen molar-refractivity contribution >= 4 is 11.8 Å². The summed E-state index contributed by atoms with van der Waals surface area (Å²) in [5.41, 5.74) is 3.82. The molecule has 0 saturated carbocycles. The summed E-state index contributed by atoms with van der Waals surface area (Å²) in [6.45, 7) is 0. The van der Waals surface area contributed by atoms with Crippen LogP contribution in [0.25, 0.3) is 11.8 Å². The first-order valence-electron chi connectivity index (χ1n) is 5.73. The smallest absolute Gasteiger partial charge is 0.126 e. The topological polar surface area (TPSA) is 27.1 Å². The average Bonchev–Trinajstić information content (AvgIpc) is 2.91. The number of allylic oxidation sites excluding steroid dienone is 1. The highest BCUT2D eigenvalue weighted by Gasteiger charge is 2.14. The van der Waals surface area contributed by atoms with E-state index in [0.717, 1.165) is 18.6 Å². The molecule has 1 aliphatic carbocycles. The molecule has 1 aliphatic rings. The first-order valence-corrected chi connectivity index (χ1v) is 5.73. The Labute approximate surface area is 100 Å². The molecule has 1 heterocycles. The molecule has 3 nitrogen and oxygen atoms in total. The number of methoxy groups -OCH3 is 1. The van der Waals surface area contributed by atoms with Crippen molar-refractivity contribution in [1.29, 1.82) is 0 Å². The van der Waals surface area contributed by atoms with E-state index in [0.29, 0.717) is 0 Å². The van der Waals surface area contributed by atoms with Gasteiger partial charge in [-0.1, -0.05) is 12.1 Å². The van der Waals surface area contributed by atoms with Crippen LogP contribution in [0.1, 0.15) is 17.5 Å². The monoisotopic (exact) mass is 226 g/mol. The quantitative estimate of drug-likeness (QED) is 0.787. The van der Waals surface area contributed by atoms with E-state index in [4.69, 9.17) is 4.74 Å². The van der Waals surface area contributed by atoms with Gasteiger partial charge >= 0.3 is 0 Å². The largest absolute Gasteiger partial charge is 0.496 e. The summed E-state index contributed by atoms with van der Waals surface area (Å²) in [7, 11) is 1.72. The maximum absolute atomic E-state index is 5.41. The van der Waals surface area contributed by atoms with Crippen molar-refractivity contribution in [2.75, 3.05) is 7.11 Å². The third kappa shape index (κ3) is 1.73. The maximum Gasteiger partial charge on any atom is 0.126 e. The molecule has 3 heteroatoms. The van der Waals surface area contributed by atoms with Crippen LogP contribution in [0.5, 0.6) is 5.75 Å². The van der Waals surface area contributed by atoms with Gasteiger partial charge in [0.2, 0.25) is 0 Å². The number of rotatable bonds is 2. The number of hydrogen-bond donors (Lipinski definition) is 0. The highest BCUT2D eigenvalue weighted by molar-refractivity contribution is 5.78. The normalized spacial score (nSPS) is 14.1. The second-order valence-corrected chi connectivity index (χ2v) is 4.14. The first-order chi connectivity index (χ1) is 8.38. The van der Waals surface area contributed by atoms with Crippen LogP contribution in [-0.2, 0) is 6.42 Å². The lowest BCUT2D eigenvalue weighted by Gasteiger charge is -2.19. The number of benzene rings is 1. The molecule has 0 spiro atoms. The molecule has 0 bridgehead atoms. The molecule has 0 aliphatic heterocycles. The van der Waals surface area contributed by atoms with Crippen LogP contribution >= 0.6 is 0 Å². The first kappa shape index (κ1) is 10.1. The molecule has 3 rings (SSSR count). The summed E-state index contributed by atoms with van der Waals surface area (Å²) in [4.78, 5) is 4.09. The van der Waals surface area contributed by atoms with Gasteiger partial charge in [-0.15, -0.1) is 0 Å². The molecule has 17 heavy (non-hydrogen) atoms. The molecule has 0 amide bonds. The van der Waals surface area contributed by atoms with Gasteiger partial charge in [0, 0.05) is 23.7 Å². The zero-order chi connectivity index (χ0) is 11.7. The highest BCUT2D eigenvalue weighted by Crippen LogP contribution is 2.32. The van der Waals surface area contributed by atoms with Gasteiger partial charge in [-0.05, 0) is 30.5 Å². The second-order valence-electron chi connectivity index (χ2n) is 4.14. The minimum absolute atomic E-state index is 0.944. The SMILES string of the molecule is COc1cccc2c1C=C(n1ccnc1)CC2. The third-order valence-electron chi connectivity index (χ3n) is 3.17. The predicted octanol–water partition coefficient (Wildman–Crippen LogP) is 2.84. The van der Waals surface area contributed by atoms with Crippen LogP contribution in [0, 0.1) is 0 Å². The zero-order valence-electron chi connectivity index (χ0n) is 9.76. The summed E-state index contributed by atoms with van der Waals surface area (Å²) in [5.74, 6) is 0.944. The molecule has 2 aromatic rings. The van der Waals surface area contributed by atoms with Crippen molar-refractivity contribution in [3.63, 3.8) is 0 Å². The molecule has 1 aromatic heterocycles. The van der Waals surface area contributed by atoms with Gasteiger partial charge in [0.05, 0.1) is 13.4 Å². The van der Waals surface area contributed by atoms with Crippen LogP contribution < -0.4 is 4.74 Å². The molecule has 1 aromatic carbocycles. The predicted molar refractivity (Wildman–Crippen MR) is 67.7 cm³/mol. The fourth-order valence-corrected chi connectivity index (χ4v) is 2.28. The number of imidazole rings is 1. The lowest BCUT2D eigenvalue weighted by Crippen LogP contribution is -2.04. The van der Waals surface area contributed by atoms with Crippen LogP contribution in [0.4, 0.5) is 0 Å². The standard InChI is InChI=1S/C14H14N2O/c1-17-14-4-2-3-11-5-6-12(9-13(11)14)16-8-7-15-10-16/h2-4,7-10H,5-6H2,1H3. The number of ether oxygens (including phenoxy) is 1. The molecule has 0 atom stereocenters. The third-order valence-corrected chi connectivity index (χ3v) is 3.17. The van der Waals surface area contributed by atoms with Crippen molar-refractivity contribution in [2.24, 2.45) is 0 Å². The lowest BCUT2D eigenvalue weighted by molar-refractivity contribution is 0.413. The Morgan fingerprint density at radius 3 is 3.00 bits per heavy atom. The van der Waals surface area contributed by atoms with Gasteiger partial charge in [-0.3, -0.25) is 0 Å². The minimum atomic E-state index is 0.944. The number of hydrogen-bond acceptors (Lipinski definition) is 2. The van der Waals surface area contributed by atoms with Crippen LogP contribution in [0.2, 0.25) is 0 Å².